The van der Waals surface area contributed by atoms with Crippen LogP contribution in [-0.4, -0.2) is 51.9 Å². The van der Waals surface area contributed by atoms with Gasteiger partial charge in [0.2, 0.25) is 6.79 Å². The van der Waals surface area contributed by atoms with Gasteiger partial charge in [-0.1, -0.05) is 37.3 Å². The summed E-state index contributed by atoms with van der Waals surface area (Å²) in [5.74, 6) is 2.21. The van der Waals surface area contributed by atoms with E-state index in [9.17, 15) is 4.79 Å². The van der Waals surface area contributed by atoms with Gasteiger partial charge in [0.1, 0.15) is 0 Å². The lowest BCUT2D eigenvalue weighted by Gasteiger charge is -2.31. The van der Waals surface area contributed by atoms with Crippen molar-refractivity contribution in [2.24, 2.45) is 13.0 Å². The highest BCUT2D eigenvalue weighted by Gasteiger charge is 2.31. The molecule has 182 valence electrons. The van der Waals surface area contributed by atoms with E-state index in [4.69, 9.17) is 14.6 Å². The number of hydrogen-bond acceptors (Lipinski definition) is 5. The molecule has 0 spiro atoms. The Morgan fingerprint density at radius 3 is 2.74 bits per heavy atom. The molecule has 0 aliphatic carbocycles. The number of hydrogen-bond donors (Lipinski definition) is 0. The molecule has 0 N–H and O–H groups in total. The van der Waals surface area contributed by atoms with Crippen LogP contribution in [0, 0.1) is 5.92 Å². The average molecular weight is 473 g/mol. The molecule has 1 atom stereocenters. The number of fused-ring (bicyclic) bond motifs is 3. The first kappa shape index (κ1) is 22.2. The van der Waals surface area contributed by atoms with Crippen molar-refractivity contribution in [1.82, 2.24) is 19.6 Å². The van der Waals surface area contributed by atoms with Gasteiger partial charge in [-0.2, -0.15) is 5.10 Å². The zero-order valence-electron chi connectivity index (χ0n) is 20.5. The summed E-state index contributed by atoms with van der Waals surface area (Å²) in [5, 5.41) is 4.71. The van der Waals surface area contributed by atoms with Crippen LogP contribution in [0.2, 0.25) is 0 Å². The number of aromatic nitrogens is 2. The minimum Gasteiger partial charge on any atom is -0.454 e. The van der Waals surface area contributed by atoms with Crippen molar-refractivity contribution in [2.75, 3.05) is 26.4 Å². The molecule has 0 radical (unpaired) electrons. The van der Waals surface area contributed by atoms with Gasteiger partial charge >= 0.3 is 0 Å². The SMILES string of the molecule is CC(Cc1ccc2c(c1)OCO2)CN1CCc2c(c(C(=O)N3CCc4ccccc4C3)nn2C)C1. The largest absolute Gasteiger partial charge is 0.454 e. The Hall–Kier alpha value is -3.32. The molecule has 1 amide bonds. The molecule has 0 bridgehead atoms. The number of benzene rings is 2. The van der Waals surface area contributed by atoms with Crippen molar-refractivity contribution in [3.63, 3.8) is 0 Å². The van der Waals surface area contributed by atoms with Crippen molar-refractivity contribution in [3.05, 3.63) is 76.1 Å². The number of nitrogens with zero attached hydrogens (tertiary/aromatic N) is 4. The Kier molecular flexibility index (Phi) is 5.72. The molecule has 0 fully saturated rings. The highest BCUT2D eigenvalue weighted by Crippen LogP contribution is 2.33. The van der Waals surface area contributed by atoms with E-state index >= 15 is 0 Å². The highest BCUT2D eigenvalue weighted by atomic mass is 16.7. The fourth-order valence-electron chi connectivity index (χ4n) is 5.77. The van der Waals surface area contributed by atoms with Gasteiger partial charge in [-0.25, -0.2) is 0 Å². The molecule has 3 aliphatic heterocycles. The Morgan fingerprint density at radius 1 is 1.03 bits per heavy atom. The van der Waals surface area contributed by atoms with Crippen LogP contribution in [0.3, 0.4) is 0 Å². The monoisotopic (exact) mass is 472 g/mol. The van der Waals surface area contributed by atoms with Crippen LogP contribution in [0.1, 0.15) is 45.4 Å². The number of carbonyl (C=O) groups is 1. The Bertz CT molecular complexity index is 1270. The predicted molar refractivity (Wildman–Crippen MR) is 133 cm³/mol. The van der Waals surface area contributed by atoms with Crippen molar-refractivity contribution in [1.29, 1.82) is 0 Å². The minimum absolute atomic E-state index is 0.0617. The molecular formula is C28H32N4O3. The van der Waals surface area contributed by atoms with Crippen LogP contribution in [0.15, 0.2) is 42.5 Å². The Morgan fingerprint density at radius 2 is 1.86 bits per heavy atom. The maximum Gasteiger partial charge on any atom is 0.275 e. The Labute approximate surface area is 206 Å². The van der Waals surface area contributed by atoms with Gasteiger partial charge < -0.3 is 14.4 Å². The van der Waals surface area contributed by atoms with Crippen molar-refractivity contribution in [3.8, 4) is 11.5 Å². The van der Waals surface area contributed by atoms with Crippen molar-refractivity contribution in [2.45, 2.75) is 39.3 Å². The van der Waals surface area contributed by atoms with Crippen LogP contribution in [0.5, 0.6) is 11.5 Å². The molecule has 35 heavy (non-hydrogen) atoms. The topological polar surface area (TPSA) is 59.8 Å². The minimum atomic E-state index is 0.0617. The predicted octanol–water partition coefficient (Wildman–Crippen LogP) is 3.58. The number of carbonyl (C=O) groups excluding carboxylic acids is 1. The molecule has 0 saturated heterocycles. The summed E-state index contributed by atoms with van der Waals surface area (Å²) in [6.07, 6.45) is 2.80. The third kappa shape index (κ3) is 4.29. The molecule has 7 heteroatoms. The van der Waals surface area contributed by atoms with Gasteiger partial charge in [0.15, 0.2) is 17.2 Å². The molecule has 6 rings (SSSR count). The van der Waals surface area contributed by atoms with E-state index < -0.39 is 0 Å². The second kappa shape index (κ2) is 9.04. The third-order valence-corrected chi connectivity index (χ3v) is 7.53. The molecule has 0 saturated carbocycles. The number of rotatable bonds is 5. The fraction of sp³-hybridized carbons (Fsp3) is 0.429. The summed E-state index contributed by atoms with van der Waals surface area (Å²) < 4.78 is 12.9. The van der Waals surface area contributed by atoms with Crippen molar-refractivity contribution < 1.29 is 14.3 Å². The molecular weight excluding hydrogens is 440 g/mol. The zero-order chi connectivity index (χ0) is 23.9. The molecule has 3 aromatic rings. The van der Waals surface area contributed by atoms with Crippen LogP contribution in [0.4, 0.5) is 0 Å². The fourth-order valence-corrected chi connectivity index (χ4v) is 5.77. The van der Waals surface area contributed by atoms with Gasteiger partial charge in [0.25, 0.3) is 5.91 Å². The first-order valence-corrected chi connectivity index (χ1v) is 12.6. The summed E-state index contributed by atoms with van der Waals surface area (Å²) in [4.78, 5) is 18.0. The van der Waals surface area contributed by atoms with Crippen LogP contribution >= 0.6 is 0 Å². The molecule has 2 aromatic carbocycles. The summed E-state index contributed by atoms with van der Waals surface area (Å²) in [6.45, 7) is 6.76. The lowest BCUT2D eigenvalue weighted by molar-refractivity contribution is 0.0725. The van der Waals surface area contributed by atoms with E-state index in [1.165, 1.54) is 22.4 Å². The van der Waals surface area contributed by atoms with E-state index in [1.807, 2.05) is 22.7 Å². The van der Waals surface area contributed by atoms with E-state index in [0.717, 1.165) is 62.5 Å². The van der Waals surface area contributed by atoms with Crippen molar-refractivity contribution >= 4 is 5.91 Å². The first-order valence-electron chi connectivity index (χ1n) is 12.6. The van der Waals surface area contributed by atoms with Crippen LogP contribution in [0.25, 0.3) is 0 Å². The molecule has 7 nitrogen and oxygen atoms in total. The maximum atomic E-state index is 13.6. The lowest BCUT2D eigenvalue weighted by atomic mass is 9.97. The molecule has 1 aromatic heterocycles. The average Bonchev–Trinajstić information content (AvgIpc) is 3.47. The van der Waals surface area contributed by atoms with E-state index in [1.54, 1.807) is 0 Å². The quantitative estimate of drug-likeness (QED) is 0.568. The van der Waals surface area contributed by atoms with E-state index in [2.05, 4.69) is 48.2 Å². The van der Waals surface area contributed by atoms with E-state index in [0.29, 0.717) is 24.9 Å². The molecule has 4 heterocycles. The van der Waals surface area contributed by atoms with Crippen LogP contribution < -0.4 is 9.47 Å². The highest BCUT2D eigenvalue weighted by molar-refractivity contribution is 5.94. The maximum absolute atomic E-state index is 13.6. The number of ether oxygens (including phenoxy) is 2. The summed E-state index contributed by atoms with van der Waals surface area (Å²) in [5.41, 5.74) is 6.80. The normalized spacial score (nSPS) is 17.7. The van der Waals surface area contributed by atoms with Gasteiger partial charge in [0.05, 0.1) is 0 Å². The Balaban J connectivity index is 1.14. The standard InChI is InChI=1S/C28H32N4O3/c1-19(13-20-7-8-25-26(14-20)35-18-34-25)15-31-11-10-24-23(17-31)27(29-30(24)2)28(33)32-12-9-21-5-3-4-6-22(21)16-32/h3-8,14,19H,9-13,15-18H2,1-2H3. The van der Waals surface area contributed by atoms with Gasteiger partial charge in [-0.05, 0) is 47.6 Å². The second-order valence-electron chi connectivity index (χ2n) is 10.1. The first-order chi connectivity index (χ1) is 17.0. The lowest BCUT2D eigenvalue weighted by Crippen LogP contribution is -2.38. The van der Waals surface area contributed by atoms with Gasteiger partial charge in [-0.3, -0.25) is 14.4 Å². The van der Waals surface area contributed by atoms with Gasteiger partial charge in [0, 0.05) is 57.4 Å². The number of aryl methyl sites for hydroxylation is 1. The summed E-state index contributed by atoms with van der Waals surface area (Å²) in [6, 6.07) is 14.7. The smallest absolute Gasteiger partial charge is 0.275 e. The van der Waals surface area contributed by atoms with Gasteiger partial charge in [-0.15, -0.1) is 0 Å². The van der Waals surface area contributed by atoms with Crippen LogP contribution in [-0.2, 0) is 39.4 Å². The molecule has 3 aliphatic rings. The number of amides is 1. The van der Waals surface area contributed by atoms with E-state index in [-0.39, 0.29) is 5.91 Å². The summed E-state index contributed by atoms with van der Waals surface area (Å²) in [7, 11) is 1.97. The second-order valence-corrected chi connectivity index (χ2v) is 10.1. The summed E-state index contributed by atoms with van der Waals surface area (Å²) >= 11 is 0. The third-order valence-electron chi connectivity index (χ3n) is 7.53. The molecule has 1 unspecified atom stereocenters. The zero-order valence-corrected chi connectivity index (χ0v) is 20.5.